The fourth-order valence-corrected chi connectivity index (χ4v) is 1.73. The molecule has 112 valence electrons. The van der Waals surface area contributed by atoms with Gasteiger partial charge in [0, 0.05) is 38.8 Å². The zero-order chi connectivity index (χ0) is 15.0. The van der Waals surface area contributed by atoms with Crippen molar-refractivity contribution in [3.05, 3.63) is 29.8 Å². The topological polar surface area (TPSA) is 84.6 Å². The third kappa shape index (κ3) is 6.54. The molecule has 0 heterocycles. The summed E-state index contributed by atoms with van der Waals surface area (Å²) in [4.78, 5) is 11.7. The Morgan fingerprint density at radius 2 is 2.05 bits per heavy atom. The number of nitrogens with one attached hydrogen (secondary N) is 1. The van der Waals surface area contributed by atoms with Gasteiger partial charge in [-0.25, -0.2) is 0 Å². The number of hydrogen-bond donors (Lipinski definition) is 3. The van der Waals surface area contributed by atoms with E-state index in [9.17, 15) is 9.90 Å². The van der Waals surface area contributed by atoms with Crippen molar-refractivity contribution >= 4 is 11.6 Å². The molecule has 0 aliphatic carbocycles. The molecule has 0 spiro atoms. The summed E-state index contributed by atoms with van der Waals surface area (Å²) in [5.41, 5.74) is 6.45. The molecule has 1 atom stereocenters. The highest BCUT2D eigenvalue weighted by Crippen LogP contribution is 2.09. The van der Waals surface area contributed by atoms with E-state index in [-0.39, 0.29) is 12.5 Å². The molecular weight excluding hydrogens is 256 g/mol. The second kappa shape index (κ2) is 7.87. The van der Waals surface area contributed by atoms with Gasteiger partial charge in [0.15, 0.2) is 0 Å². The Bertz CT molecular complexity index is 416. The number of anilines is 1. The number of aliphatic hydroxyl groups is 1. The Hall–Kier alpha value is -1.59. The van der Waals surface area contributed by atoms with Gasteiger partial charge in [0.25, 0.3) is 0 Å². The van der Waals surface area contributed by atoms with Crippen molar-refractivity contribution in [2.24, 2.45) is 0 Å². The summed E-state index contributed by atoms with van der Waals surface area (Å²) in [6.07, 6.45) is 1.54. The Morgan fingerprint density at radius 3 is 2.65 bits per heavy atom. The molecule has 0 saturated heterocycles. The van der Waals surface area contributed by atoms with Crippen molar-refractivity contribution in [1.29, 1.82) is 0 Å². The molecule has 1 aromatic carbocycles. The lowest BCUT2D eigenvalue weighted by Gasteiger charge is -2.23. The van der Waals surface area contributed by atoms with Crippen LogP contribution < -0.4 is 11.1 Å². The van der Waals surface area contributed by atoms with E-state index < -0.39 is 5.60 Å². The number of amides is 1. The van der Waals surface area contributed by atoms with Crippen LogP contribution in [0.5, 0.6) is 0 Å². The molecule has 5 heteroatoms. The minimum atomic E-state index is -0.938. The maximum Gasteiger partial charge on any atom is 0.220 e. The molecule has 0 fully saturated rings. The molecule has 1 aromatic rings. The number of rotatable bonds is 8. The van der Waals surface area contributed by atoms with Crippen LogP contribution >= 0.6 is 0 Å². The number of aryl methyl sites for hydroxylation is 1. The summed E-state index contributed by atoms with van der Waals surface area (Å²) in [5, 5.41) is 12.7. The summed E-state index contributed by atoms with van der Waals surface area (Å²) < 4.78 is 4.92. The third-order valence-corrected chi connectivity index (χ3v) is 3.13. The molecule has 5 nitrogen and oxygen atoms in total. The van der Waals surface area contributed by atoms with E-state index in [0.717, 1.165) is 5.56 Å². The Balaban J connectivity index is 2.28. The highest BCUT2D eigenvalue weighted by molar-refractivity contribution is 5.76. The summed E-state index contributed by atoms with van der Waals surface area (Å²) in [5.74, 6) is -0.0699. The summed E-state index contributed by atoms with van der Waals surface area (Å²) >= 11 is 0. The van der Waals surface area contributed by atoms with E-state index in [1.165, 1.54) is 0 Å². The average Bonchev–Trinajstić information content (AvgIpc) is 2.42. The summed E-state index contributed by atoms with van der Waals surface area (Å²) in [7, 11) is 1.58. The molecular formula is C15H24N2O3. The molecule has 0 bridgehead atoms. The largest absolute Gasteiger partial charge is 0.399 e. The number of nitrogens with two attached hydrogens (primary N) is 1. The lowest BCUT2D eigenvalue weighted by Crippen LogP contribution is -2.41. The lowest BCUT2D eigenvalue weighted by atomic mass is 10.0. The van der Waals surface area contributed by atoms with Crippen LogP contribution in [0.15, 0.2) is 24.3 Å². The molecule has 0 aliphatic heterocycles. The first-order valence-electron chi connectivity index (χ1n) is 6.75. The minimum absolute atomic E-state index is 0.0699. The van der Waals surface area contributed by atoms with Crippen molar-refractivity contribution in [1.82, 2.24) is 5.32 Å². The van der Waals surface area contributed by atoms with Gasteiger partial charge in [-0.1, -0.05) is 12.1 Å². The highest BCUT2D eigenvalue weighted by Gasteiger charge is 2.20. The highest BCUT2D eigenvalue weighted by atomic mass is 16.5. The SMILES string of the molecule is COCCC(C)(O)CNC(=O)CCc1ccc(N)cc1. The van der Waals surface area contributed by atoms with E-state index in [1.54, 1.807) is 14.0 Å². The van der Waals surface area contributed by atoms with E-state index in [2.05, 4.69) is 5.32 Å². The monoisotopic (exact) mass is 280 g/mol. The van der Waals surface area contributed by atoms with Crippen LogP contribution in [-0.4, -0.2) is 36.9 Å². The van der Waals surface area contributed by atoms with Crippen LogP contribution in [0.4, 0.5) is 5.69 Å². The number of ether oxygens (including phenoxy) is 1. The van der Waals surface area contributed by atoms with Gasteiger partial charge < -0.3 is 20.9 Å². The quantitative estimate of drug-likeness (QED) is 0.623. The number of hydrogen-bond acceptors (Lipinski definition) is 4. The molecule has 1 rings (SSSR count). The van der Waals surface area contributed by atoms with Crippen molar-refractivity contribution in [3.8, 4) is 0 Å². The van der Waals surface area contributed by atoms with E-state index in [1.807, 2.05) is 24.3 Å². The molecule has 0 aliphatic rings. The Labute approximate surface area is 120 Å². The molecule has 20 heavy (non-hydrogen) atoms. The maximum atomic E-state index is 11.7. The molecule has 1 amide bonds. The fourth-order valence-electron chi connectivity index (χ4n) is 1.73. The predicted octanol–water partition coefficient (Wildman–Crippen LogP) is 1.11. The van der Waals surface area contributed by atoms with Gasteiger partial charge in [0.2, 0.25) is 5.91 Å². The van der Waals surface area contributed by atoms with Crippen LogP contribution in [0.25, 0.3) is 0 Å². The van der Waals surface area contributed by atoms with Gasteiger partial charge in [-0.15, -0.1) is 0 Å². The van der Waals surface area contributed by atoms with E-state index in [0.29, 0.717) is 31.6 Å². The van der Waals surface area contributed by atoms with Gasteiger partial charge in [-0.3, -0.25) is 4.79 Å². The molecule has 0 aromatic heterocycles. The first kappa shape index (κ1) is 16.5. The normalized spacial score (nSPS) is 13.8. The average molecular weight is 280 g/mol. The number of carbonyl (C=O) groups excluding carboxylic acids is 1. The van der Waals surface area contributed by atoms with E-state index >= 15 is 0 Å². The maximum absolute atomic E-state index is 11.7. The number of methoxy groups -OCH3 is 1. The number of benzene rings is 1. The number of carbonyl (C=O) groups is 1. The Morgan fingerprint density at radius 1 is 1.40 bits per heavy atom. The first-order valence-corrected chi connectivity index (χ1v) is 6.75. The molecule has 0 saturated carbocycles. The molecule has 0 radical (unpaired) electrons. The van der Waals surface area contributed by atoms with Gasteiger partial charge >= 0.3 is 0 Å². The second-order valence-corrected chi connectivity index (χ2v) is 5.26. The first-order chi connectivity index (χ1) is 9.43. The van der Waals surface area contributed by atoms with Gasteiger partial charge in [-0.2, -0.15) is 0 Å². The zero-order valence-electron chi connectivity index (χ0n) is 12.2. The minimum Gasteiger partial charge on any atom is -0.399 e. The smallest absolute Gasteiger partial charge is 0.220 e. The van der Waals surface area contributed by atoms with Crippen LogP contribution in [0.1, 0.15) is 25.3 Å². The molecule has 1 unspecified atom stereocenters. The third-order valence-electron chi connectivity index (χ3n) is 3.13. The summed E-state index contributed by atoms with van der Waals surface area (Å²) in [6, 6.07) is 7.47. The Kier molecular flexibility index (Phi) is 6.48. The fraction of sp³-hybridized carbons (Fsp3) is 0.533. The molecule has 4 N–H and O–H groups in total. The van der Waals surface area contributed by atoms with Crippen LogP contribution in [0.3, 0.4) is 0 Å². The zero-order valence-corrected chi connectivity index (χ0v) is 12.2. The van der Waals surface area contributed by atoms with Crippen molar-refractivity contribution in [2.45, 2.75) is 31.8 Å². The van der Waals surface area contributed by atoms with Crippen molar-refractivity contribution in [3.63, 3.8) is 0 Å². The number of nitrogen functional groups attached to an aromatic ring is 1. The van der Waals surface area contributed by atoms with Gasteiger partial charge in [0.1, 0.15) is 0 Å². The van der Waals surface area contributed by atoms with Crippen LogP contribution in [0, 0.1) is 0 Å². The van der Waals surface area contributed by atoms with Crippen LogP contribution in [0.2, 0.25) is 0 Å². The van der Waals surface area contributed by atoms with Crippen LogP contribution in [-0.2, 0) is 16.0 Å². The van der Waals surface area contributed by atoms with Crippen molar-refractivity contribution < 1.29 is 14.6 Å². The van der Waals surface area contributed by atoms with Gasteiger partial charge in [0.05, 0.1) is 5.60 Å². The summed E-state index contributed by atoms with van der Waals surface area (Å²) in [6.45, 7) is 2.39. The van der Waals surface area contributed by atoms with E-state index in [4.69, 9.17) is 10.5 Å². The van der Waals surface area contributed by atoms with Crippen molar-refractivity contribution in [2.75, 3.05) is 26.0 Å². The second-order valence-electron chi connectivity index (χ2n) is 5.26. The standard InChI is InChI=1S/C15H24N2O3/c1-15(19,9-10-20-2)11-17-14(18)8-5-12-3-6-13(16)7-4-12/h3-4,6-7,19H,5,8-11,16H2,1-2H3,(H,17,18). The van der Waals surface area contributed by atoms with Gasteiger partial charge in [-0.05, 0) is 31.0 Å². The predicted molar refractivity (Wildman–Crippen MR) is 79.3 cm³/mol. The lowest BCUT2D eigenvalue weighted by molar-refractivity contribution is -0.122.